The predicted octanol–water partition coefficient (Wildman–Crippen LogP) is 5.67. The molecule has 0 unspecified atom stereocenters. The summed E-state index contributed by atoms with van der Waals surface area (Å²) < 4.78 is 6.55. The van der Waals surface area contributed by atoms with Crippen LogP contribution in [0.3, 0.4) is 0 Å². The van der Waals surface area contributed by atoms with Gasteiger partial charge in [-0.2, -0.15) is 0 Å². The molecule has 7 nitrogen and oxygen atoms in total. The van der Waals surface area contributed by atoms with Gasteiger partial charge in [-0.05, 0) is 54.5 Å². The zero-order valence-electron chi connectivity index (χ0n) is 22.9. The summed E-state index contributed by atoms with van der Waals surface area (Å²) >= 11 is 0. The Morgan fingerprint density at radius 2 is 1.62 bits per heavy atom. The Morgan fingerprint density at radius 1 is 0.925 bits per heavy atom. The maximum absolute atomic E-state index is 14.1. The van der Waals surface area contributed by atoms with Gasteiger partial charge in [0.2, 0.25) is 0 Å². The van der Waals surface area contributed by atoms with Gasteiger partial charge in [0.05, 0.1) is 11.4 Å². The van der Waals surface area contributed by atoms with Crippen LogP contribution in [0.1, 0.15) is 61.2 Å². The van der Waals surface area contributed by atoms with Crippen molar-refractivity contribution in [3.05, 3.63) is 122 Å². The van der Waals surface area contributed by atoms with Crippen LogP contribution < -0.4 is 11.3 Å². The van der Waals surface area contributed by atoms with Crippen LogP contribution in [0.5, 0.6) is 0 Å². The van der Waals surface area contributed by atoms with Gasteiger partial charge in [0.25, 0.3) is 5.56 Å². The van der Waals surface area contributed by atoms with Crippen LogP contribution in [-0.4, -0.2) is 71.1 Å². The van der Waals surface area contributed by atoms with Gasteiger partial charge in [0, 0.05) is 74.9 Å². The summed E-state index contributed by atoms with van der Waals surface area (Å²) in [6.07, 6.45) is 5.53. The van der Waals surface area contributed by atoms with Crippen molar-refractivity contribution in [1.29, 1.82) is 0 Å². The summed E-state index contributed by atoms with van der Waals surface area (Å²) in [4.78, 5) is 33.4. The summed E-state index contributed by atoms with van der Waals surface area (Å²) in [6, 6.07) is 25.8. The number of para-hydroxylation sites is 1. The molecule has 1 aliphatic carbocycles. The molecule has 1 fully saturated rings. The van der Waals surface area contributed by atoms with Crippen LogP contribution in [0.15, 0.2) is 93.0 Å². The number of unbranched alkanes of at least 4 members (excludes halogenated alkanes) is 1. The van der Waals surface area contributed by atoms with E-state index in [1.54, 1.807) is 0 Å². The van der Waals surface area contributed by atoms with E-state index in [1.807, 2.05) is 71.3 Å². The third-order valence-electron chi connectivity index (χ3n) is 7.28. The second-order valence-electron chi connectivity index (χ2n) is 10.1. The Balaban J connectivity index is 0.00000323. The van der Waals surface area contributed by atoms with Gasteiger partial charge in [-0.1, -0.05) is 85.2 Å². The fourth-order valence-corrected chi connectivity index (χ4v) is 5.08. The van der Waals surface area contributed by atoms with Gasteiger partial charge >= 0.3 is 5.76 Å². The number of H-pyrrole nitrogens is 1. The predicted molar refractivity (Wildman–Crippen MR) is 157 cm³/mol. The molecule has 0 amide bonds. The third-order valence-corrected chi connectivity index (χ3v) is 7.28. The number of hydrogen-bond donors (Lipinski definition) is 1. The average Bonchev–Trinajstić information content (AvgIpc) is 3.73. The zero-order valence-corrected chi connectivity index (χ0v) is 26.0. The summed E-state index contributed by atoms with van der Waals surface area (Å²) in [7, 11) is 0. The van der Waals surface area contributed by atoms with Crippen molar-refractivity contribution in [2.45, 2.75) is 51.4 Å². The topological polar surface area (TPSA) is 93.8 Å². The van der Waals surface area contributed by atoms with Gasteiger partial charge in [-0.15, -0.1) is 0 Å². The summed E-state index contributed by atoms with van der Waals surface area (Å²) in [5.41, 5.74) is 6.34. The van der Waals surface area contributed by atoms with E-state index >= 15 is 0 Å². The van der Waals surface area contributed by atoms with E-state index in [4.69, 9.17) is 9.51 Å². The number of benzene rings is 3. The monoisotopic (exact) mass is 557 g/mol. The first kappa shape index (κ1) is 28.6. The molecule has 0 bridgehead atoms. The fourth-order valence-electron chi connectivity index (χ4n) is 5.08. The Bertz CT molecular complexity index is 1720. The van der Waals surface area contributed by atoms with Crippen LogP contribution in [-0.2, 0) is 12.8 Å². The number of nitrogens with zero attached hydrogens (tertiary/aromatic N) is 3. The van der Waals surface area contributed by atoms with E-state index in [9.17, 15) is 9.59 Å². The Kier molecular flexibility index (Phi) is 9.12. The summed E-state index contributed by atoms with van der Waals surface area (Å²) in [5, 5.41) is 3.86. The quantitative estimate of drug-likeness (QED) is 0.236. The van der Waals surface area contributed by atoms with Gasteiger partial charge in [-0.3, -0.25) is 18.9 Å². The normalized spacial score (nSPS) is 12.7. The Hall–Kier alpha value is -2.88. The maximum Gasteiger partial charge on any atom is 0.439 e. The number of aromatic nitrogens is 4. The molecule has 0 atom stereocenters. The molecule has 0 aliphatic heterocycles. The smallest absolute Gasteiger partial charge is 0.296 e. The average molecular weight is 558 g/mol. The van der Waals surface area contributed by atoms with Crippen molar-refractivity contribution < 1.29 is 4.52 Å². The molecule has 1 aliphatic rings. The van der Waals surface area contributed by atoms with Crippen molar-refractivity contribution in [1.82, 2.24) is 19.7 Å². The number of aryl methyl sites for hydroxylation is 1. The van der Waals surface area contributed by atoms with Crippen molar-refractivity contribution in [2.75, 3.05) is 0 Å². The maximum atomic E-state index is 14.1. The molecule has 0 saturated heterocycles. The van der Waals surface area contributed by atoms with Crippen LogP contribution in [0.2, 0.25) is 0 Å². The number of rotatable bonds is 9. The minimum atomic E-state index is -0.587. The van der Waals surface area contributed by atoms with Crippen LogP contribution in [0.25, 0.3) is 28.2 Å². The number of aromatic amines is 1. The molecule has 2 aromatic heterocycles. The molecule has 2 heterocycles. The first-order valence-corrected chi connectivity index (χ1v) is 13.6. The first-order chi connectivity index (χ1) is 19.1. The molecule has 1 radical (unpaired) electrons. The molecule has 8 heteroatoms. The van der Waals surface area contributed by atoms with E-state index in [2.05, 4.69) is 29.2 Å². The summed E-state index contributed by atoms with van der Waals surface area (Å²) in [6.45, 7) is 2.16. The van der Waals surface area contributed by atoms with Crippen molar-refractivity contribution in [3.8, 4) is 28.2 Å². The van der Waals surface area contributed by atoms with E-state index in [0.717, 1.165) is 77.1 Å². The molecule has 0 spiro atoms. The number of hydrogen-bond acceptors (Lipinski definition) is 5. The minimum absolute atomic E-state index is 0. The molecular formula is C32H30KN4O3. The first-order valence-electron chi connectivity index (χ1n) is 13.6. The molecular weight excluding hydrogens is 527 g/mol. The van der Waals surface area contributed by atoms with Crippen molar-refractivity contribution in [3.63, 3.8) is 0 Å². The standard InChI is InChI=1S/C32H30N4O3.K/c1-2-3-13-28-27(31(37)36(24-9-5-4-6-10-24)30(33-28)23-18-19-23)20-21-14-16-22(17-15-21)25-11-7-8-12-26(25)29-34-32(38)39-35-29;/h4-12,14-17,23H,2-3,13,18-20H2,1H3,(H,34,35,38);. The zero-order chi connectivity index (χ0) is 26.8. The molecule has 1 saturated carbocycles. The van der Waals surface area contributed by atoms with E-state index in [0.29, 0.717) is 18.2 Å². The van der Waals surface area contributed by atoms with Gasteiger partial charge in [-0.25, -0.2) is 9.78 Å². The summed E-state index contributed by atoms with van der Waals surface area (Å²) in [5.74, 6) is 1.06. The molecule has 1 N–H and O–H groups in total. The molecule has 6 rings (SSSR count). The molecule has 197 valence electrons. The third kappa shape index (κ3) is 6.06. The molecule has 3 aromatic carbocycles. The van der Waals surface area contributed by atoms with Crippen LogP contribution >= 0.6 is 0 Å². The molecule has 40 heavy (non-hydrogen) atoms. The molecule has 5 aromatic rings. The van der Waals surface area contributed by atoms with E-state index in [1.165, 1.54) is 0 Å². The van der Waals surface area contributed by atoms with Gasteiger partial charge in [0.1, 0.15) is 5.82 Å². The van der Waals surface area contributed by atoms with Gasteiger partial charge < -0.3 is 0 Å². The Morgan fingerprint density at radius 3 is 2.27 bits per heavy atom. The second kappa shape index (κ2) is 12.7. The van der Waals surface area contributed by atoms with Crippen LogP contribution in [0, 0.1) is 0 Å². The van der Waals surface area contributed by atoms with Crippen molar-refractivity contribution >= 4 is 51.4 Å². The SMILES string of the molecule is CCCCc1nc(C2CC2)n(-c2ccccc2)c(=O)c1Cc1ccc(-c2ccccc2-c2noc(=O)[nH]2)cc1.[K]. The van der Waals surface area contributed by atoms with E-state index < -0.39 is 5.76 Å². The van der Waals surface area contributed by atoms with Crippen LogP contribution in [0.4, 0.5) is 0 Å². The largest absolute Gasteiger partial charge is 0.439 e. The van der Waals surface area contributed by atoms with Crippen molar-refractivity contribution in [2.24, 2.45) is 0 Å². The minimum Gasteiger partial charge on any atom is -0.296 e. The second-order valence-corrected chi connectivity index (χ2v) is 10.1. The van der Waals surface area contributed by atoms with E-state index in [-0.39, 0.29) is 56.9 Å². The fraction of sp³-hybridized carbons (Fsp3) is 0.250. The number of nitrogens with one attached hydrogen (secondary N) is 1. The Labute approximate surface area is 275 Å². The van der Waals surface area contributed by atoms with Gasteiger partial charge in [0.15, 0.2) is 5.82 Å².